The van der Waals surface area contributed by atoms with E-state index in [0.717, 1.165) is 50.2 Å². The molecule has 3 heterocycles. The summed E-state index contributed by atoms with van der Waals surface area (Å²) in [6.07, 6.45) is 6.15. The summed E-state index contributed by atoms with van der Waals surface area (Å²) in [5, 5.41) is 1.11. The van der Waals surface area contributed by atoms with Crippen LogP contribution < -0.4 is 4.90 Å². The number of aromatic nitrogens is 3. The molecular weight excluding hydrogens is 520 g/mol. The van der Waals surface area contributed by atoms with Crippen molar-refractivity contribution in [3.05, 3.63) is 156 Å². The predicted molar refractivity (Wildman–Crippen MR) is 172 cm³/mol. The number of thiophene rings is 1. The molecule has 0 aliphatic carbocycles. The number of rotatable bonds is 7. The largest absolute Gasteiger partial charge is 0.311 e. The van der Waals surface area contributed by atoms with Gasteiger partial charge in [0.05, 0.1) is 11.0 Å². The van der Waals surface area contributed by atoms with Crippen LogP contribution in [0.5, 0.6) is 0 Å². The summed E-state index contributed by atoms with van der Waals surface area (Å²) in [5.74, 6) is 0.848. The average Bonchev–Trinajstić information content (AvgIpc) is 3.67. The van der Waals surface area contributed by atoms with E-state index in [9.17, 15) is 0 Å². The maximum atomic E-state index is 4.91. The molecule has 7 rings (SSSR count). The van der Waals surface area contributed by atoms with Crippen molar-refractivity contribution in [2.45, 2.75) is 0 Å². The van der Waals surface area contributed by atoms with E-state index in [0.29, 0.717) is 0 Å². The molecule has 196 valence electrons. The quantitative estimate of drug-likeness (QED) is 0.199. The van der Waals surface area contributed by atoms with Gasteiger partial charge in [-0.25, -0.2) is 4.98 Å². The first-order valence-corrected chi connectivity index (χ1v) is 14.3. The molecule has 0 aliphatic heterocycles. The number of para-hydroxylation sites is 4. The summed E-state index contributed by atoms with van der Waals surface area (Å²) < 4.78 is 2.20. The summed E-state index contributed by atoms with van der Waals surface area (Å²) in [6.45, 7) is 0. The van der Waals surface area contributed by atoms with E-state index in [-0.39, 0.29) is 0 Å². The predicted octanol–water partition coefficient (Wildman–Crippen LogP) is 9.79. The normalized spacial score (nSPS) is 11.3. The van der Waals surface area contributed by atoms with Gasteiger partial charge in [-0.2, -0.15) is 0 Å². The van der Waals surface area contributed by atoms with Crippen molar-refractivity contribution in [1.82, 2.24) is 14.5 Å². The van der Waals surface area contributed by atoms with Crippen LogP contribution in [0.25, 0.3) is 39.7 Å². The Hall–Kier alpha value is -5.26. The van der Waals surface area contributed by atoms with E-state index in [2.05, 4.69) is 124 Å². The lowest BCUT2D eigenvalue weighted by molar-refractivity contribution is 1.10. The molecule has 0 amide bonds. The molecule has 0 aliphatic rings. The summed E-state index contributed by atoms with van der Waals surface area (Å²) in [5.41, 5.74) is 7.41. The van der Waals surface area contributed by atoms with E-state index < -0.39 is 0 Å². The van der Waals surface area contributed by atoms with Crippen molar-refractivity contribution in [3.8, 4) is 16.5 Å². The number of fused-ring (bicyclic) bond motifs is 1. The van der Waals surface area contributed by atoms with Crippen LogP contribution in [0.15, 0.2) is 146 Å². The first-order valence-electron chi connectivity index (χ1n) is 13.5. The first-order chi connectivity index (χ1) is 20.3. The molecule has 41 heavy (non-hydrogen) atoms. The molecule has 0 saturated heterocycles. The molecule has 0 atom stereocenters. The minimum absolute atomic E-state index is 0.848. The van der Waals surface area contributed by atoms with E-state index >= 15 is 0 Å². The van der Waals surface area contributed by atoms with Gasteiger partial charge in [0.25, 0.3) is 0 Å². The lowest BCUT2D eigenvalue weighted by Gasteiger charge is -2.25. The van der Waals surface area contributed by atoms with Gasteiger partial charge in [0.2, 0.25) is 0 Å². The second-order valence-electron chi connectivity index (χ2n) is 9.58. The van der Waals surface area contributed by atoms with Gasteiger partial charge >= 0.3 is 0 Å². The Balaban J connectivity index is 1.17. The van der Waals surface area contributed by atoms with Crippen molar-refractivity contribution >= 4 is 51.6 Å². The van der Waals surface area contributed by atoms with E-state index in [4.69, 9.17) is 4.98 Å². The first kappa shape index (κ1) is 24.8. The number of nitrogens with zero attached hydrogens (tertiary/aromatic N) is 4. The Bertz CT molecular complexity index is 1880. The van der Waals surface area contributed by atoms with Crippen molar-refractivity contribution < 1.29 is 0 Å². The fraction of sp³-hybridized carbons (Fsp3) is 0. The van der Waals surface area contributed by atoms with Gasteiger partial charge in [0, 0.05) is 28.1 Å². The summed E-state index contributed by atoms with van der Waals surface area (Å²) in [7, 11) is 0. The molecule has 0 saturated carbocycles. The number of hydrogen-bond acceptors (Lipinski definition) is 4. The lowest BCUT2D eigenvalue weighted by Crippen LogP contribution is -2.09. The van der Waals surface area contributed by atoms with Crippen LogP contribution in [-0.2, 0) is 0 Å². The van der Waals surface area contributed by atoms with Crippen molar-refractivity contribution in [1.29, 1.82) is 0 Å². The van der Waals surface area contributed by atoms with Crippen LogP contribution in [0.2, 0.25) is 0 Å². The highest BCUT2D eigenvalue weighted by molar-refractivity contribution is 7.15. The Morgan fingerprint density at radius 3 is 1.95 bits per heavy atom. The molecule has 0 unspecified atom stereocenters. The van der Waals surface area contributed by atoms with Gasteiger partial charge < -0.3 is 4.90 Å². The molecule has 3 aromatic heterocycles. The third kappa shape index (κ3) is 5.07. The van der Waals surface area contributed by atoms with Crippen molar-refractivity contribution in [2.75, 3.05) is 4.90 Å². The molecule has 5 heteroatoms. The second kappa shape index (κ2) is 11.1. The van der Waals surface area contributed by atoms with Gasteiger partial charge in [-0.3, -0.25) is 9.55 Å². The third-order valence-corrected chi connectivity index (χ3v) is 7.94. The highest BCUT2D eigenvalue weighted by atomic mass is 32.1. The van der Waals surface area contributed by atoms with Crippen molar-refractivity contribution in [3.63, 3.8) is 0 Å². The molecule has 0 spiro atoms. The fourth-order valence-corrected chi connectivity index (χ4v) is 5.91. The van der Waals surface area contributed by atoms with E-state index in [1.807, 2.05) is 48.7 Å². The molecule has 0 N–H and O–H groups in total. The second-order valence-corrected chi connectivity index (χ2v) is 10.7. The monoisotopic (exact) mass is 546 g/mol. The van der Waals surface area contributed by atoms with Gasteiger partial charge in [-0.15, -0.1) is 11.3 Å². The Morgan fingerprint density at radius 2 is 1.24 bits per heavy atom. The summed E-state index contributed by atoms with van der Waals surface area (Å²) >= 11 is 1.74. The number of benzene rings is 4. The van der Waals surface area contributed by atoms with Crippen LogP contribution in [-0.4, -0.2) is 14.5 Å². The number of anilines is 3. The Labute approximate surface area is 243 Å². The standard InChI is InChI=1S/C36H26N4S/c1-3-11-28(12-4-1)39(29-13-5-2-6-14-29)30-21-18-27(19-22-30)20-23-31-24-25-35(41-31)40-34-17-8-7-15-32(34)38-36(40)33-16-9-10-26-37-33/h1-26H/b23-20+. The number of pyridine rings is 1. The van der Waals surface area contributed by atoms with Gasteiger partial charge in [-0.05, 0) is 84.4 Å². The smallest absolute Gasteiger partial charge is 0.165 e. The van der Waals surface area contributed by atoms with Gasteiger partial charge in [0.15, 0.2) is 5.82 Å². The lowest BCUT2D eigenvalue weighted by atomic mass is 10.1. The van der Waals surface area contributed by atoms with E-state index in [1.54, 1.807) is 11.3 Å². The molecule has 0 bridgehead atoms. The zero-order valence-electron chi connectivity index (χ0n) is 22.2. The Morgan fingerprint density at radius 1 is 0.585 bits per heavy atom. The summed E-state index contributed by atoms with van der Waals surface area (Å²) in [4.78, 5) is 12.9. The van der Waals surface area contributed by atoms with E-state index in [1.165, 1.54) is 4.88 Å². The zero-order chi connectivity index (χ0) is 27.4. The van der Waals surface area contributed by atoms with Crippen molar-refractivity contribution in [2.24, 2.45) is 0 Å². The number of imidazole rings is 1. The maximum absolute atomic E-state index is 4.91. The third-order valence-electron chi connectivity index (χ3n) is 6.91. The Kier molecular flexibility index (Phi) is 6.69. The highest BCUT2D eigenvalue weighted by Crippen LogP contribution is 2.35. The highest BCUT2D eigenvalue weighted by Gasteiger charge is 2.16. The maximum Gasteiger partial charge on any atom is 0.165 e. The van der Waals surface area contributed by atoms with Crippen LogP contribution in [0, 0.1) is 0 Å². The zero-order valence-corrected chi connectivity index (χ0v) is 23.0. The summed E-state index contributed by atoms with van der Waals surface area (Å²) in [6, 6.07) is 48.1. The molecule has 7 aromatic rings. The number of hydrogen-bond donors (Lipinski definition) is 0. The van der Waals surface area contributed by atoms with Crippen LogP contribution in [0.4, 0.5) is 17.1 Å². The molecule has 4 aromatic carbocycles. The van der Waals surface area contributed by atoms with Crippen LogP contribution in [0.1, 0.15) is 10.4 Å². The van der Waals surface area contributed by atoms with Crippen LogP contribution in [0.3, 0.4) is 0 Å². The minimum atomic E-state index is 0.848. The molecule has 4 nitrogen and oxygen atoms in total. The van der Waals surface area contributed by atoms with Crippen LogP contribution >= 0.6 is 11.3 Å². The average molecular weight is 547 g/mol. The SMILES string of the molecule is C(=C\c1ccc(-n2c(-c3ccccn3)nc3ccccc32)s1)/c1ccc(N(c2ccccc2)c2ccccc2)cc1. The topological polar surface area (TPSA) is 34.0 Å². The molecule has 0 radical (unpaired) electrons. The van der Waals surface area contributed by atoms with Gasteiger partial charge in [-0.1, -0.05) is 72.8 Å². The minimum Gasteiger partial charge on any atom is -0.311 e. The van der Waals surface area contributed by atoms with Gasteiger partial charge in [0.1, 0.15) is 10.7 Å². The fourth-order valence-electron chi connectivity index (χ4n) is 4.98. The molecular formula is C36H26N4S. The molecule has 0 fully saturated rings.